The van der Waals surface area contributed by atoms with Gasteiger partial charge in [-0.1, -0.05) is 0 Å². The second kappa shape index (κ2) is 2.54. The summed E-state index contributed by atoms with van der Waals surface area (Å²) in [4.78, 5) is 8.53. The fourth-order valence-corrected chi connectivity index (χ4v) is 1.95. The Morgan fingerprint density at radius 2 is 2.06 bits per heavy atom. The number of aromatic nitrogens is 6. The number of fused-ring (bicyclic) bond motifs is 5. The lowest BCUT2D eigenvalue weighted by molar-refractivity contribution is 0.986. The van der Waals surface area contributed by atoms with Gasteiger partial charge in [0.2, 0.25) is 0 Å². The van der Waals surface area contributed by atoms with E-state index in [-0.39, 0.29) is 0 Å². The molecule has 4 aromatic heterocycles. The molecule has 16 heavy (non-hydrogen) atoms. The van der Waals surface area contributed by atoms with E-state index in [1.807, 2.05) is 16.8 Å². The Hall–Kier alpha value is -2.50. The van der Waals surface area contributed by atoms with Crippen LogP contribution in [0.4, 0.5) is 0 Å². The van der Waals surface area contributed by atoms with Gasteiger partial charge in [0, 0.05) is 30.0 Å². The van der Waals surface area contributed by atoms with Gasteiger partial charge in [-0.15, -0.1) is 5.10 Å². The third-order valence-electron chi connectivity index (χ3n) is 2.66. The summed E-state index contributed by atoms with van der Waals surface area (Å²) in [6.45, 7) is 0. The summed E-state index contributed by atoms with van der Waals surface area (Å²) in [5, 5.41) is 12.8. The van der Waals surface area contributed by atoms with E-state index in [0.29, 0.717) is 5.65 Å². The van der Waals surface area contributed by atoms with Gasteiger partial charge in [-0.05, 0) is 0 Å². The first-order valence-electron chi connectivity index (χ1n) is 4.84. The Kier molecular flexibility index (Phi) is 1.23. The monoisotopic (exact) mass is 210 g/mol. The Labute approximate surface area is 88.9 Å². The van der Waals surface area contributed by atoms with Gasteiger partial charge < -0.3 is 0 Å². The molecule has 0 aliphatic heterocycles. The molecule has 0 fully saturated rings. The van der Waals surface area contributed by atoms with E-state index < -0.39 is 0 Å². The maximum Gasteiger partial charge on any atom is 0.185 e. The minimum Gasteiger partial charge on any atom is -0.300 e. The van der Waals surface area contributed by atoms with Crippen molar-refractivity contribution in [2.75, 3.05) is 0 Å². The highest BCUT2D eigenvalue weighted by Gasteiger charge is 2.08. The lowest BCUT2D eigenvalue weighted by atomic mass is 10.2. The van der Waals surface area contributed by atoms with Crippen LogP contribution in [0, 0.1) is 0 Å². The number of H-pyrrole nitrogens is 1. The molecule has 0 bridgehead atoms. The van der Waals surface area contributed by atoms with E-state index in [2.05, 4.69) is 25.3 Å². The minimum absolute atomic E-state index is 0.655. The van der Waals surface area contributed by atoms with E-state index in [9.17, 15) is 0 Å². The molecular weight excluding hydrogens is 204 g/mol. The topological polar surface area (TPSA) is 71.8 Å². The maximum absolute atomic E-state index is 4.31. The average molecular weight is 210 g/mol. The average Bonchev–Trinajstić information content (AvgIpc) is 2.96. The Morgan fingerprint density at radius 3 is 3.06 bits per heavy atom. The van der Waals surface area contributed by atoms with Crippen LogP contribution in [-0.2, 0) is 0 Å². The second-order valence-corrected chi connectivity index (χ2v) is 3.56. The van der Waals surface area contributed by atoms with Crippen molar-refractivity contribution in [2.24, 2.45) is 0 Å². The van der Waals surface area contributed by atoms with Crippen LogP contribution in [0.2, 0.25) is 0 Å². The van der Waals surface area contributed by atoms with Crippen molar-refractivity contribution < 1.29 is 0 Å². The van der Waals surface area contributed by atoms with Gasteiger partial charge in [-0.3, -0.25) is 5.10 Å². The summed E-state index contributed by atoms with van der Waals surface area (Å²) < 4.78 is 1.91. The molecule has 0 aliphatic rings. The highest BCUT2D eigenvalue weighted by molar-refractivity contribution is 6.01. The van der Waals surface area contributed by atoms with Gasteiger partial charge >= 0.3 is 0 Å². The fourth-order valence-electron chi connectivity index (χ4n) is 1.95. The van der Waals surface area contributed by atoms with Crippen LogP contribution in [0.15, 0.2) is 30.9 Å². The van der Waals surface area contributed by atoms with Crippen molar-refractivity contribution in [2.45, 2.75) is 0 Å². The van der Waals surface area contributed by atoms with Gasteiger partial charge in [-0.2, -0.15) is 5.10 Å². The number of hydrogen-bond donors (Lipinski definition) is 1. The second-order valence-electron chi connectivity index (χ2n) is 3.56. The van der Waals surface area contributed by atoms with Crippen molar-refractivity contribution in [1.82, 2.24) is 29.8 Å². The molecular formula is C10H6N6. The SMILES string of the molecule is c1cc2ncc3cnc4nncc4c3n2[nH]1. The van der Waals surface area contributed by atoms with Crippen molar-refractivity contribution in [3.8, 4) is 0 Å². The molecule has 4 rings (SSSR count). The molecule has 1 N–H and O–H groups in total. The predicted molar refractivity (Wildman–Crippen MR) is 57.9 cm³/mol. The third-order valence-corrected chi connectivity index (χ3v) is 2.66. The Morgan fingerprint density at radius 1 is 1.12 bits per heavy atom. The number of hydrogen-bond acceptors (Lipinski definition) is 4. The molecule has 0 saturated heterocycles. The van der Waals surface area contributed by atoms with Crippen LogP contribution >= 0.6 is 0 Å². The van der Waals surface area contributed by atoms with Gasteiger partial charge in [0.25, 0.3) is 0 Å². The van der Waals surface area contributed by atoms with E-state index in [1.54, 1.807) is 18.6 Å². The molecule has 0 spiro atoms. The van der Waals surface area contributed by atoms with Crippen LogP contribution in [0.1, 0.15) is 0 Å². The summed E-state index contributed by atoms with van der Waals surface area (Å²) in [7, 11) is 0. The highest BCUT2D eigenvalue weighted by atomic mass is 15.2. The number of rotatable bonds is 0. The number of pyridine rings is 1. The van der Waals surface area contributed by atoms with Gasteiger partial charge in [0.1, 0.15) is 0 Å². The van der Waals surface area contributed by atoms with Crippen molar-refractivity contribution in [1.29, 1.82) is 0 Å². The number of nitrogens with one attached hydrogen (secondary N) is 1. The Balaban J connectivity index is 2.44. The predicted octanol–water partition coefficient (Wildman–Crippen LogP) is 1.15. The zero-order valence-electron chi connectivity index (χ0n) is 8.12. The smallest absolute Gasteiger partial charge is 0.185 e. The highest BCUT2D eigenvalue weighted by Crippen LogP contribution is 2.21. The van der Waals surface area contributed by atoms with Crippen molar-refractivity contribution in [3.63, 3.8) is 0 Å². The van der Waals surface area contributed by atoms with Crippen molar-refractivity contribution in [3.05, 3.63) is 30.9 Å². The quantitative estimate of drug-likeness (QED) is 0.472. The summed E-state index contributed by atoms with van der Waals surface area (Å²) in [6, 6.07) is 1.91. The molecule has 0 saturated carbocycles. The zero-order chi connectivity index (χ0) is 10.5. The third kappa shape index (κ3) is 0.813. The van der Waals surface area contributed by atoms with Gasteiger partial charge in [-0.25, -0.2) is 14.5 Å². The first kappa shape index (κ1) is 7.75. The minimum atomic E-state index is 0.655. The maximum atomic E-state index is 4.31. The van der Waals surface area contributed by atoms with E-state index in [0.717, 1.165) is 21.9 Å². The molecule has 76 valence electrons. The first-order chi connectivity index (χ1) is 7.93. The van der Waals surface area contributed by atoms with E-state index in [4.69, 9.17) is 0 Å². The molecule has 0 unspecified atom stereocenters. The lowest BCUT2D eigenvalue weighted by Crippen LogP contribution is -1.93. The van der Waals surface area contributed by atoms with Crippen LogP contribution in [0.5, 0.6) is 0 Å². The Bertz CT molecular complexity index is 746. The van der Waals surface area contributed by atoms with Crippen molar-refractivity contribution >= 4 is 27.6 Å². The summed E-state index contributed by atoms with van der Waals surface area (Å²) >= 11 is 0. The molecule has 6 heteroatoms. The molecule has 0 atom stereocenters. The van der Waals surface area contributed by atoms with Crippen LogP contribution in [-0.4, -0.2) is 29.8 Å². The van der Waals surface area contributed by atoms with E-state index >= 15 is 0 Å². The van der Waals surface area contributed by atoms with Crippen LogP contribution < -0.4 is 0 Å². The van der Waals surface area contributed by atoms with Gasteiger partial charge in [0.15, 0.2) is 11.3 Å². The zero-order valence-corrected chi connectivity index (χ0v) is 8.12. The van der Waals surface area contributed by atoms with Gasteiger partial charge in [0.05, 0.1) is 17.1 Å². The number of nitrogens with zero attached hydrogens (tertiary/aromatic N) is 5. The normalized spacial score (nSPS) is 11.8. The molecule has 4 aromatic rings. The summed E-state index contributed by atoms with van der Waals surface area (Å²) in [5.74, 6) is 0. The number of aromatic amines is 1. The molecule has 0 aromatic carbocycles. The molecule has 0 radical (unpaired) electrons. The molecule has 6 nitrogen and oxygen atoms in total. The van der Waals surface area contributed by atoms with Crippen LogP contribution in [0.25, 0.3) is 27.6 Å². The van der Waals surface area contributed by atoms with E-state index in [1.165, 1.54) is 0 Å². The molecule has 0 amide bonds. The summed E-state index contributed by atoms with van der Waals surface area (Å²) in [6.07, 6.45) is 7.13. The fraction of sp³-hybridized carbons (Fsp3) is 0. The lowest BCUT2D eigenvalue weighted by Gasteiger charge is -2.01. The van der Waals surface area contributed by atoms with Crippen LogP contribution in [0.3, 0.4) is 0 Å². The molecule has 4 heterocycles. The standard InChI is InChI=1S/C10H6N6/c1-2-14-16-8(1)11-3-6-4-12-10-7(9(6)16)5-13-15-10/h1-5,14H. The first-order valence-corrected chi connectivity index (χ1v) is 4.84. The summed E-state index contributed by atoms with van der Waals surface area (Å²) in [5.41, 5.74) is 2.52. The largest absolute Gasteiger partial charge is 0.300 e. The molecule has 0 aliphatic carbocycles.